The third-order valence-corrected chi connectivity index (χ3v) is 4.03. The number of fused-ring (bicyclic) bond motifs is 1. The van der Waals surface area contributed by atoms with Crippen molar-refractivity contribution in [2.45, 2.75) is 12.8 Å². The molecule has 0 aliphatic carbocycles. The molecule has 7 heteroatoms. The fourth-order valence-electron chi connectivity index (χ4n) is 2.36. The van der Waals surface area contributed by atoms with Crippen molar-refractivity contribution in [3.8, 4) is 11.5 Å². The van der Waals surface area contributed by atoms with Crippen molar-refractivity contribution < 1.29 is 18.7 Å². The van der Waals surface area contributed by atoms with Crippen LogP contribution in [0, 0.1) is 5.82 Å². The third-order valence-electron chi connectivity index (χ3n) is 3.43. The molecule has 2 aromatic carbocycles. The van der Waals surface area contributed by atoms with Crippen LogP contribution in [0.3, 0.4) is 0 Å². The topological polar surface area (TPSA) is 47.6 Å². The Morgan fingerprint density at radius 1 is 1.12 bits per heavy atom. The summed E-state index contributed by atoms with van der Waals surface area (Å²) >= 11 is 12.1. The van der Waals surface area contributed by atoms with E-state index in [-0.39, 0.29) is 17.4 Å². The number of nitrogens with one attached hydrogen (secondary N) is 1. The lowest BCUT2D eigenvalue weighted by molar-refractivity contribution is -0.115. The van der Waals surface area contributed by atoms with Gasteiger partial charge in [0, 0.05) is 6.42 Å². The molecule has 2 aromatic rings. The Balaban J connectivity index is 1.74. The maximum absolute atomic E-state index is 13.0. The van der Waals surface area contributed by atoms with Crippen molar-refractivity contribution in [2.24, 2.45) is 0 Å². The van der Waals surface area contributed by atoms with Gasteiger partial charge in [-0.1, -0.05) is 23.2 Å². The first-order valence-electron chi connectivity index (χ1n) is 7.36. The molecular formula is C17H14Cl2FNO3. The minimum Gasteiger partial charge on any atom is -0.489 e. The van der Waals surface area contributed by atoms with Crippen LogP contribution in [0.15, 0.2) is 30.3 Å². The molecule has 4 nitrogen and oxygen atoms in total. The highest BCUT2D eigenvalue weighted by Crippen LogP contribution is 2.38. The van der Waals surface area contributed by atoms with Gasteiger partial charge >= 0.3 is 0 Å². The Labute approximate surface area is 148 Å². The lowest BCUT2D eigenvalue weighted by atomic mass is 10.1. The zero-order chi connectivity index (χ0) is 17.1. The van der Waals surface area contributed by atoms with Crippen LogP contribution in [-0.2, 0) is 11.2 Å². The first-order chi connectivity index (χ1) is 11.5. The average Bonchev–Trinajstić information content (AvgIpc) is 2.76. The molecule has 126 valence electrons. The highest BCUT2D eigenvalue weighted by Gasteiger charge is 2.17. The van der Waals surface area contributed by atoms with Crippen LogP contribution in [0.25, 0.3) is 0 Å². The number of anilines is 1. The number of carbonyl (C=O) groups is 1. The molecule has 3 rings (SSSR count). The molecule has 0 aromatic heterocycles. The van der Waals surface area contributed by atoms with Gasteiger partial charge in [-0.2, -0.15) is 0 Å². The molecule has 1 N–H and O–H groups in total. The molecule has 0 atom stereocenters. The Morgan fingerprint density at radius 2 is 1.92 bits per heavy atom. The molecule has 0 saturated heterocycles. The van der Waals surface area contributed by atoms with E-state index in [0.717, 1.165) is 12.5 Å². The van der Waals surface area contributed by atoms with Crippen molar-refractivity contribution in [1.29, 1.82) is 0 Å². The van der Waals surface area contributed by atoms with Gasteiger partial charge in [-0.25, -0.2) is 4.39 Å². The summed E-state index contributed by atoms with van der Waals surface area (Å²) in [7, 11) is 0. The summed E-state index contributed by atoms with van der Waals surface area (Å²) in [4.78, 5) is 12.2. The zero-order valence-electron chi connectivity index (χ0n) is 12.6. The smallest absolute Gasteiger partial charge is 0.228 e. The zero-order valence-corrected chi connectivity index (χ0v) is 14.1. The molecule has 1 aliphatic heterocycles. The van der Waals surface area contributed by atoms with E-state index in [9.17, 15) is 9.18 Å². The van der Waals surface area contributed by atoms with Crippen LogP contribution in [0.5, 0.6) is 11.5 Å². The minimum absolute atomic E-state index is 0.0735. The second-order valence-corrected chi connectivity index (χ2v) is 6.12. The number of halogens is 3. The Bertz CT molecular complexity index is 783. The maximum Gasteiger partial charge on any atom is 0.228 e. The quantitative estimate of drug-likeness (QED) is 0.867. The van der Waals surface area contributed by atoms with Crippen LogP contribution < -0.4 is 14.8 Å². The Morgan fingerprint density at radius 3 is 2.71 bits per heavy atom. The maximum atomic E-state index is 13.0. The number of amides is 1. The highest BCUT2D eigenvalue weighted by molar-refractivity contribution is 6.33. The molecule has 0 radical (unpaired) electrons. The number of benzene rings is 2. The third kappa shape index (κ3) is 3.91. The van der Waals surface area contributed by atoms with Crippen LogP contribution in [0.1, 0.15) is 12.0 Å². The van der Waals surface area contributed by atoms with Gasteiger partial charge in [-0.3, -0.25) is 4.79 Å². The monoisotopic (exact) mass is 369 g/mol. The fraction of sp³-hybridized carbons (Fsp3) is 0.235. The Kier molecular flexibility index (Phi) is 5.11. The molecule has 0 bridgehead atoms. The molecule has 0 unspecified atom stereocenters. The molecular weight excluding hydrogens is 356 g/mol. The Hall–Kier alpha value is -1.98. The molecule has 1 aliphatic rings. The summed E-state index contributed by atoms with van der Waals surface area (Å²) in [5.41, 5.74) is 1.03. The van der Waals surface area contributed by atoms with E-state index in [1.165, 1.54) is 12.1 Å². The van der Waals surface area contributed by atoms with Gasteiger partial charge in [-0.05, 0) is 35.9 Å². The van der Waals surface area contributed by atoms with E-state index < -0.39 is 5.82 Å². The van der Waals surface area contributed by atoms with Gasteiger partial charge in [0.25, 0.3) is 0 Å². The predicted octanol–water partition coefficient (Wildman–Crippen LogP) is 4.48. The van der Waals surface area contributed by atoms with Crippen molar-refractivity contribution in [1.82, 2.24) is 0 Å². The summed E-state index contributed by atoms with van der Waals surface area (Å²) in [6.07, 6.45) is 0.841. The predicted molar refractivity (Wildman–Crippen MR) is 90.8 cm³/mol. The van der Waals surface area contributed by atoms with Crippen molar-refractivity contribution >= 4 is 34.8 Å². The second-order valence-electron chi connectivity index (χ2n) is 5.30. The standard InChI is InChI=1S/C17H14Cl2FNO3/c18-12-9-11(20)2-3-14(12)21-16(22)8-10-6-13(19)17-15(7-10)23-4-1-5-24-17/h2-3,6-7,9H,1,4-5,8H2,(H,21,22). The summed E-state index contributed by atoms with van der Waals surface area (Å²) in [6, 6.07) is 7.18. The summed E-state index contributed by atoms with van der Waals surface area (Å²) < 4.78 is 24.2. The SMILES string of the molecule is O=C(Cc1cc(Cl)c2c(c1)OCCCO2)Nc1ccc(F)cc1Cl. The van der Waals surface area contributed by atoms with Gasteiger partial charge in [0.05, 0.1) is 35.4 Å². The lowest BCUT2D eigenvalue weighted by Gasteiger charge is -2.12. The van der Waals surface area contributed by atoms with E-state index >= 15 is 0 Å². The van der Waals surface area contributed by atoms with Crippen LogP contribution in [0.4, 0.5) is 10.1 Å². The minimum atomic E-state index is -0.465. The molecule has 24 heavy (non-hydrogen) atoms. The number of hydrogen-bond acceptors (Lipinski definition) is 3. The van der Waals surface area contributed by atoms with E-state index in [1.807, 2.05) is 0 Å². The van der Waals surface area contributed by atoms with Gasteiger partial charge in [0.1, 0.15) is 5.82 Å². The fourth-order valence-corrected chi connectivity index (χ4v) is 2.86. The first-order valence-corrected chi connectivity index (χ1v) is 8.11. The second kappa shape index (κ2) is 7.28. The summed E-state index contributed by atoms with van der Waals surface area (Å²) in [6.45, 7) is 1.07. The molecule has 1 heterocycles. The number of carbonyl (C=O) groups excluding carboxylic acids is 1. The lowest BCUT2D eigenvalue weighted by Crippen LogP contribution is -2.15. The molecule has 1 amide bonds. The first kappa shape index (κ1) is 16.9. The number of rotatable bonds is 3. The van der Waals surface area contributed by atoms with Crippen molar-refractivity contribution in [3.63, 3.8) is 0 Å². The van der Waals surface area contributed by atoms with Crippen molar-refractivity contribution in [2.75, 3.05) is 18.5 Å². The van der Waals surface area contributed by atoms with Gasteiger partial charge in [0.15, 0.2) is 11.5 Å². The summed E-state index contributed by atoms with van der Waals surface area (Å²) in [5, 5.41) is 3.18. The van der Waals surface area contributed by atoms with Gasteiger partial charge < -0.3 is 14.8 Å². The van der Waals surface area contributed by atoms with E-state index in [1.54, 1.807) is 12.1 Å². The molecule has 0 spiro atoms. The van der Waals surface area contributed by atoms with E-state index in [2.05, 4.69) is 5.32 Å². The average molecular weight is 370 g/mol. The van der Waals surface area contributed by atoms with E-state index in [0.29, 0.717) is 41.0 Å². The van der Waals surface area contributed by atoms with Gasteiger partial charge in [-0.15, -0.1) is 0 Å². The van der Waals surface area contributed by atoms with Gasteiger partial charge in [0.2, 0.25) is 5.91 Å². The normalized spacial score (nSPS) is 13.3. The van der Waals surface area contributed by atoms with Crippen LogP contribution >= 0.6 is 23.2 Å². The molecule has 0 saturated carbocycles. The largest absolute Gasteiger partial charge is 0.489 e. The van der Waals surface area contributed by atoms with Crippen molar-refractivity contribution in [3.05, 3.63) is 51.8 Å². The van der Waals surface area contributed by atoms with Crippen LogP contribution in [0.2, 0.25) is 10.0 Å². The summed E-state index contributed by atoms with van der Waals surface area (Å²) in [5.74, 6) is 0.268. The highest BCUT2D eigenvalue weighted by atomic mass is 35.5. The molecule has 0 fully saturated rings. The number of hydrogen-bond donors (Lipinski definition) is 1. The number of ether oxygens (including phenoxy) is 2. The van der Waals surface area contributed by atoms with E-state index in [4.69, 9.17) is 32.7 Å². The van der Waals surface area contributed by atoms with Crippen LogP contribution in [-0.4, -0.2) is 19.1 Å².